The van der Waals surface area contributed by atoms with Crippen molar-refractivity contribution in [2.45, 2.75) is 12.8 Å². The third-order valence-electron chi connectivity index (χ3n) is 3.93. The largest absolute Gasteiger partial charge is 0.443 e. The van der Waals surface area contributed by atoms with Crippen LogP contribution in [0.1, 0.15) is 11.1 Å². The van der Waals surface area contributed by atoms with Crippen molar-refractivity contribution < 1.29 is 9.84 Å². The van der Waals surface area contributed by atoms with E-state index in [1.165, 1.54) is 5.56 Å². The van der Waals surface area contributed by atoms with E-state index < -0.39 is 0 Å². The molecule has 2 aromatic carbocycles. The molecule has 1 aliphatic heterocycles. The molecule has 4 rings (SSSR count). The van der Waals surface area contributed by atoms with Gasteiger partial charge in [0.2, 0.25) is 0 Å². The van der Waals surface area contributed by atoms with Crippen LogP contribution in [0.3, 0.4) is 0 Å². The van der Waals surface area contributed by atoms with E-state index in [1.54, 1.807) is 0 Å². The van der Waals surface area contributed by atoms with Crippen molar-refractivity contribution in [3.05, 3.63) is 59.8 Å². The molecular formula is C18H16N2O2. The zero-order valence-corrected chi connectivity index (χ0v) is 12.0. The Hall–Kier alpha value is -2.59. The van der Waals surface area contributed by atoms with E-state index in [-0.39, 0.29) is 6.61 Å². The molecule has 3 aromatic rings. The Morgan fingerprint density at radius 3 is 2.95 bits per heavy atom. The van der Waals surface area contributed by atoms with Gasteiger partial charge in [0.05, 0.1) is 12.1 Å². The lowest BCUT2D eigenvalue weighted by atomic mass is 10.1. The number of aromatic nitrogens is 1. The molecule has 0 atom stereocenters. The van der Waals surface area contributed by atoms with Gasteiger partial charge in [0.1, 0.15) is 5.75 Å². The Labute approximate surface area is 128 Å². The number of aliphatic hydroxyl groups excluding tert-OH is 1. The number of aliphatic imine (C=N–C) groups is 1. The zero-order valence-electron chi connectivity index (χ0n) is 12.0. The zero-order chi connectivity index (χ0) is 14.9. The summed E-state index contributed by atoms with van der Waals surface area (Å²) in [6, 6.07) is 14.0. The summed E-state index contributed by atoms with van der Waals surface area (Å²) in [6.45, 7) is 0.139. The molecule has 0 aliphatic carbocycles. The number of hydrogen-bond donors (Lipinski definition) is 2. The van der Waals surface area contributed by atoms with Crippen LogP contribution in [0.25, 0.3) is 10.9 Å². The van der Waals surface area contributed by atoms with E-state index in [0.29, 0.717) is 6.42 Å². The number of aliphatic hydroxyl groups is 1. The highest BCUT2D eigenvalue weighted by atomic mass is 16.5. The molecule has 110 valence electrons. The van der Waals surface area contributed by atoms with Crippen LogP contribution in [-0.2, 0) is 12.8 Å². The highest BCUT2D eigenvalue weighted by Gasteiger charge is 2.16. The summed E-state index contributed by atoms with van der Waals surface area (Å²) < 4.78 is 5.94. The molecule has 4 heteroatoms. The fourth-order valence-electron chi connectivity index (χ4n) is 2.85. The van der Waals surface area contributed by atoms with Gasteiger partial charge >= 0.3 is 0 Å². The molecule has 2 N–H and O–H groups in total. The van der Waals surface area contributed by atoms with Crippen molar-refractivity contribution in [3.63, 3.8) is 0 Å². The standard InChI is InChI=1S/C18H16N2O2/c21-8-7-13-11-19-17-6-5-14(10-15(13)17)22-18-9-12-3-1-2-4-16(12)20-18/h1-6,10-11,19,21H,7-9H2. The van der Waals surface area contributed by atoms with Crippen LogP contribution in [0.5, 0.6) is 5.75 Å². The van der Waals surface area contributed by atoms with Crippen LogP contribution in [-0.4, -0.2) is 22.6 Å². The SMILES string of the molecule is OCCc1c[nH]c2ccc(OC3=Nc4ccccc4C3)cc12. The molecule has 22 heavy (non-hydrogen) atoms. The Bertz CT molecular complexity index is 864. The molecule has 0 saturated heterocycles. The Morgan fingerprint density at radius 1 is 1.18 bits per heavy atom. The number of para-hydroxylation sites is 1. The van der Waals surface area contributed by atoms with E-state index in [2.05, 4.69) is 16.0 Å². The van der Waals surface area contributed by atoms with Crippen molar-refractivity contribution in [2.75, 3.05) is 6.61 Å². The summed E-state index contributed by atoms with van der Waals surface area (Å²) in [5, 5.41) is 10.2. The van der Waals surface area contributed by atoms with Gasteiger partial charge in [-0.05, 0) is 41.8 Å². The molecule has 0 saturated carbocycles. The van der Waals surface area contributed by atoms with Gasteiger partial charge in [-0.15, -0.1) is 0 Å². The third kappa shape index (κ3) is 2.27. The summed E-state index contributed by atoms with van der Waals surface area (Å²) in [6.07, 6.45) is 3.30. The average Bonchev–Trinajstić information content (AvgIpc) is 3.11. The number of nitrogens with one attached hydrogen (secondary N) is 1. The lowest BCUT2D eigenvalue weighted by Crippen LogP contribution is -2.07. The lowest BCUT2D eigenvalue weighted by molar-refractivity contribution is 0.300. The van der Waals surface area contributed by atoms with Gasteiger partial charge in [0.25, 0.3) is 0 Å². The second-order valence-corrected chi connectivity index (χ2v) is 5.41. The van der Waals surface area contributed by atoms with Gasteiger partial charge < -0.3 is 14.8 Å². The predicted molar refractivity (Wildman–Crippen MR) is 87.0 cm³/mol. The first-order chi connectivity index (χ1) is 10.8. The quantitative estimate of drug-likeness (QED) is 0.777. The van der Waals surface area contributed by atoms with Crippen molar-refractivity contribution in [1.82, 2.24) is 4.98 Å². The van der Waals surface area contributed by atoms with Gasteiger partial charge in [-0.2, -0.15) is 0 Å². The van der Waals surface area contributed by atoms with E-state index in [9.17, 15) is 0 Å². The molecule has 0 fully saturated rings. The van der Waals surface area contributed by atoms with E-state index in [4.69, 9.17) is 9.84 Å². The van der Waals surface area contributed by atoms with Crippen LogP contribution < -0.4 is 4.74 Å². The molecule has 4 nitrogen and oxygen atoms in total. The topological polar surface area (TPSA) is 57.6 Å². The fraction of sp³-hybridized carbons (Fsp3) is 0.167. The molecular weight excluding hydrogens is 276 g/mol. The highest BCUT2D eigenvalue weighted by Crippen LogP contribution is 2.29. The summed E-state index contributed by atoms with van der Waals surface area (Å²) in [5.41, 5.74) is 4.33. The van der Waals surface area contributed by atoms with Crippen molar-refractivity contribution in [3.8, 4) is 5.75 Å². The maximum absolute atomic E-state index is 9.13. The van der Waals surface area contributed by atoms with E-state index in [1.807, 2.05) is 42.6 Å². The number of fused-ring (bicyclic) bond motifs is 2. The van der Waals surface area contributed by atoms with Gasteiger partial charge in [0.15, 0.2) is 5.90 Å². The molecule has 1 aromatic heterocycles. The second kappa shape index (κ2) is 5.31. The van der Waals surface area contributed by atoms with Gasteiger partial charge in [-0.1, -0.05) is 18.2 Å². The first-order valence-corrected chi connectivity index (χ1v) is 7.38. The van der Waals surface area contributed by atoms with Crippen LogP contribution in [0.2, 0.25) is 0 Å². The van der Waals surface area contributed by atoms with Crippen LogP contribution in [0, 0.1) is 0 Å². The minimum Gasteiger partial charge on any atom is -0.443 e. The lowest BCUT2D eigenvalue weighted by Gasteiger charge is -2.05. The Balaban J connectivity index is 1.61. The summed E-state index contributed by atoms with van der Waals surface area (Å²) in [5.74, 6) is 1.50. The smallest absolute Gasteiger partial charge is 0.199 e. The Morgan fingerprint density at radius 2 is 2.09 bits per heavy atom. The number of rotatable bonds is 3. The Kier molecular flexibility index (Phi) is 3.16. The number of nitrogens with zero attached hydrogens (tertiary/aromatic N) is 1. The minimum atomic E-state index is 0.139. The maximum atomic E-state index is 9.13. The summed E-state index contributed by atoms with van der Waals surface area (Å²) >= 11 is 0. The van der Waals surface area contributed by atoms with Gasteiger partial charge in [-0.25, -0.2) is 4.99 Å². The molecule has 0 spiro atoms. The van der Waals surface area contributed by atoms with Crippen LogP contribution in [0.4, 0.5) is 5.69 Å². The molecule has 0 amide bonds. The van der Waals surface area contributed by atoms with Crippen molar-refractivity contribution in [1.29, 1.82) is 0 Å². The first-order valence-electron chi connectivity index (χ1n) is 7.38. The average molecular weight is 292 g/mol. The number of benzene rings is 2. The molecule has 0 radical (unpaired) electrons. The highest BCUT2D eigenvalue weighted by molar-refractivity contribution is 5.90. The third-order valence-corrected chi connectivity index (χ3v) is 3.93. The number of ether oxygens (including phenoxy) is 1. The first kappa shape index (κ1) is 13.1. The van der Waals surface area contributed by atoms with Gasteiger partial charge in [0, 0.05) is 23.7 Å². The maximum Gasteiger partial charge on any atom is 0.199 e. The second-order valence-electron chi connectivity index (χ2n) is 5.41. The van der Waals surface area contributed by atoms with Crippen molar-refractivity contribution >= 4 is 22.5 Å². The van der Waals surface area contributed by atoms with E-state index in [0.717, 1.165) is 40.2 Å². The molecule has 0 bridgehead atoms. The normalized spacial score (nSPS) is 13.2. The molecule has 0 unspecified atom stereocenters. The fourth-order valence-corrected chi connectivity index (χ4v) is 2.85. The van der Waals surface area contributed by atoms with Crippen molar-refractivity contribution in [2.24, 2.45) is 4.99 Å². The number of H-pyrrole nitrogens is 1. The molecule has 2 heterocycles. The predicted octanol–water partition coefficient (Wildman–Crippen LogP) is 3.37. The van der Waals surface area contributed by atoms with Crippen LogP contribution in [0.15, 0.2) is 53.7 Å². The number of hydrogen-bond acceptors (Lipinski definition) is 3. The minimum absolute atomic E-state index is 0.139. The summed E-state index contributed by atoms with van der Waals surface area (Å²) in [4.78, 5) is 7.73. The van der Waals surface area contributed by atoms with Gasteiger partial charge in [-0.3, -0.25) is 0 Å². The van der Waals surface area contributed by atoms with Crippen LogP contribution >= 0.6 is 0 Å². The van der Waals surface area contributed by atoms with E-state index >= 15 is 0 Å². The molecule has 1 aliphatic rings. The summed E-state index contributed by atoms with van der Waals surface area (Å²) in [7, 11) is 0. The monoisotopic (exact) mass is 292 g/mol. The number of aromatic amines is 1.